The van der Waals surface area contributed by atoms with Crippen LogP contribution in [0.3, 0.4) is 0 Å². The molecule has 1 saturated heterocycles. The summed E-state index contributed by atoms with van der Waals surface area (Å²) in [4.78, 5) is 136. The number of rotatable bonds is 31. The molecule has 10 atom stereocenters. The number of hydrogen-bond donors (Lipinski definition) is 14. The maximum Gasteiger partial charge on any atom is 0.326 e. The van der Waals surface area contributed by atoms with Crippen LogP contribution in [0.1, 0.15) is 99.3 Å². The van der Waals surface area contributed by atoms with Gasteiger partial charge in [0.05, 0.1) is 25.8 Å². The summed E-state index contributed by atoms with van der Waals surface area (Å²) in [5.41, 5.74) is 22.3. The third-order valence-electron chi connectivity index (χ3n) is 11.5. The van der Waals surface area contributed by atoms with E-state index < -0.39 is 146 Å². The van der Waals surface area contributed by atoms with Gasteiger partial charge in [-0.05, 0) is 56.3 Å². The molecular weight excluding hydrogens is 895 g/mol. The fourth-order valence-electron chi connectivity index (χ4n) is 6.97. The maximum absolute atomic E-state index is 13.9. The Hall–Kier alpha value is -6.15. The van der Waals surface area contributed by atoms with Crippen molar-refractivity contribution in [2.45, 2.75) is 148 Å². The lowest BCUT2D eigenvalue weighted by atomic mass is 9.97. The molecule has 386 valence electrons. The summed E-state index contributed by atoms with van der Waals surface area (Å²) in [5, 5.41) is 46.5. The van der Waals surface area contributed by atoms with E-state index in [1.807, 2.05) is 13.8 Å². The summed E-state index contributed by atoms with van der Waals surface area (Å²) in [6.45, 7) is 8.18. The van der Waals surface area contributed by atoms with Gasteiger partial charge in [0.25, 0.3) is 0 Å². The zero-order chi connectivity index (χ0) is 51.8. The lowest BCUT2D eigenvalue weighted by Crippen LogP contribution is -2.61. The number of carboxylic acids is 1. The second kappa shape index (κ2) is 30.3. The molecule has 0 bridgehead atoms. The third-order valence-corrected chi connectivity index (χ3v) is 11.5. The van der Waals surface area contributed by atoms with Crippen LogP contribution in [-0.4, -0.2) is 166 Å². The molecule has 0 aromatic carbocycles. The quantitative estimate of drug-likeness (QED) is 0.0176. The Morgan fingerprint density at radius 2 is 1.24 bits per heavy atom. The van der Waals surface area contributed by atoms with Crippen LogP contribution in [0.15, 0.2) is 4.99 Å². The monoisotopic (exact) mass is 970 g/mol. The average molecular weight is 970 g/mol. The number of nitrogens with zero attached hydrogens (tertiary/aromatic N) is 2. The lowest BCUT2D eigenvalue weighted by Gasteiger charge is -2.30. The smallest absolute Gasteiger partial charge is 0.326 e. The van der Waals surface area contributed by atoms with Gasteiger partial charge in [-0.1, -0.05) is 54.4 Å². The number of guanidine groups is 1. The highest BCUT2D eigenvalue weighted by molar-refractivity contribution is 5.98. The zero-order valence-corrected chi connectivity index (χ0v) is 39.9. The number of aliphatic hydroxyl groups is 2. The number of nitrogens with one attached hydrogen (secondary N) is 7. The maximum atomic E-state index is 13.9. The van der Waals surface area contributed by atoms with E-state index in [4.69, 9.17) is 22.9 Å². The minimum absolute atomic E-state index is 0.0162. The highest BCUT2D eigenvalue weighted by Crippen LogP contribution is 2.21. The standard InChI is InChI=1S/C42H75N13O13/c1-7-22(5)32(44)40(66)55-16-10-12-29(55)38(64)53-28(20-57)37(63)54-33(23(6)8-2)39(65)51-25(13-14-30(43)58)35(61)52-27(19-56)36(62)50-24(11-9-15-47-42(45)46)34(60)48-18-31(59)49-26(41(67)68)17-21(3)4/h21-29,32-33,56-57H,7-20,44H2,1-6H3,(H2,43,58)(H,48,60)(H,49,59)(H,50,62)(H,51,65)(H,52,61)(H,53,64)(H,54,63)(H,67,68)(H4,45,46,47)/t22-,23-,24-,25-,26-,27-,28-,29-,32-,33-/m0/s1. The summed E-state index contributed by atoms with van der Waals surface area (Å²) in [6.07, 6.45) is 0.930. The number of amides is 9. The molecular formula is C42H75N13O13. The predicted molar refractivity (Wildman–Crippen MR) is 246 cm³/mol. The Morgan fingerprint density at radius 1 is 0.691 bits per heavy atom. The van der Waals surface area contributed by atoms with Crippen molar-refractivity contribution in [2.75, 3.05) is 32.8 Å². The molecule has 0 saturated carbocycles. The van der Waals surface area contributed by atoms with Crippen LogP contribution < -0.4 is 60.2 Å². The van der Waals surface area contributed by atoms with Crippen molar-refractivity contribution < 1.29 is 63.3 Å². The SMILES string of the molecule is CC[C@H](C)[C@H](N)C(=O)N1CCC[C@H]1C(=O)N[C@@H](CO)C(=O)N[C@H](C(=O)N[C@@H](CCC(N)=O)C(=O)N[C@@H](CO)C(=O)N[C@@H](CCCN=C(N)N)C(=O)NCC(=O)N[C@@H](CC(C)C)C(=O)O)[C@@H](C)CC. The van der Waals surface area contributed by atoms with Gasteiger partial charge >= 0.3 is 5.97 Å². The van der Waals surface area contributed by atoms with Gasteiger partial charge in [-0.3, -0.25) is 48.1 Å². The fraction of sp³-hybridized carbons (Fsp3) is 0.738. The van der Waals surface area contributed by atoms with Crippen LogP contribution in [0, 0.1) is 17.8 Å². The molecule has 0 aromatic heterocycles. The molecule has 1 rings (SSSR count). The van der Waals surface area contributed by atoms with Crippen molar-refractivity contribution in [2.24, 2.45) is 45.7 Å². The number of aliphatic hydroxyl groups excluding tert-OH is 2. The van der Waals surface area contributed by atoms with E-state index in [-0.39, 0.29) is 56.6 Å². The molecule has 1 fully saturated rings. The van der Waals surface area contributed by atoms with Crippen LogP contribution in [0.25, 0.3) is 0 Å². The summed E-state index contributed by atoms with van der Waals surface area (Å²) >= 11 is 0. The van der Waals surface area contributed by atoms with E-state index in [0.717, 1.165) is 0 Å². The van der Waals surface area contributed by atoms with Gasteiger partial charge in [-0.15, -0.1) is 0 Å². The topological polar surface area (TPSA) is 435 Å². The molecule has 1 aliphatic heterocycles. The Kier molecular flexibility index (Phi) is 26.7. The van der Waals surface area contributed by atoms with Gasteiger partial charge in [-0.2, -0.15) is 0 Å². The van der Waals surface area contributed by atoms with Gasteiger partial charge in [0.1, 0.15) is 42.3 Å². The molecule has 26 nitrogen and oxygen atoms in total. The molecule has 9 amide bonds. The minimum Gasteiger partial charge on any atom is -0.480 e. The molecule has 26 heteroatoms. The summed E-state index contributed by atoms with van der Waals surface area (Å²) in [6, 6.07) is -10.8. The molecule has 0 radical (unpaired) electrons. The molecule has 0 spiro atoms. The second-order valence-electron chi connectivity index (χ2n) is 17.3. The van der Waals surface area contributed by atoms with Crippen molar-refractivity contribution in [3.8, 4) is 0 Å². The molecule has 0 aliphatic carbocycles. The average Bonchev–Trinajstić information content (AvgIpc) is 3.79. The molecule has 0 aromatic rings. The van der Waals surface area contributed by atoms with Gasteiger partial charge < -0.3 is 80.4 Å². The Bertz CT molecular complexity index is 1780. The fourth-order valence-corrected chi connectivity index (χ4v) is 6.97. The van der Waals surface area contributed by atoms with Crippen molar-refractivity contribution in [3.63, 3.8) is 0 Å². The Morgan fingerprint density at radius 3 is 1.78 bits per heavy atom. The molecule has 1 heterocycles. The second-order valence-corrected chi connectivity index (χ2v) is 17.3. The van der Waals surface area contributed by atoms with E-state index in [0.29, 0.717) is 19.3 Å². The normalized spacial score (nSPS) is 17.3. The van der Waals surface area contributed by atoms with Gasteiger partial charge in [-0.25, -0.2) is 4.79 Å². The molecule has 68 heavy (non-hydrogen) atoms. The number of nitrogens with two attached hydrogens (primary N) is 4. The summed E-state index contributed by atoms with van der Waals surface area (Å²) < 4.78 is 0. The zero-order valence-electron chi connectivity index (χ0n) is 39.9. The van der Waals surface area contributed by atoms with Gasteiger partial charge in [0.15, 0.2) is 5.96 Å². The number of carbonyl (C=O) groups is 10. The lowest BCUT2D eigenvalue weighted by molar-refractivity contribution is -0.142. The van der Waals surface area contributed by atoms with Gasteiger partial charge in [0.2, 0.25) is 53.2 Å². The van der Waals surface area contributed by atoms with Gasteiger partial charge in [0, 0.05) is 19.5 Å². The van der Waals surface area contributed by atoms with E-state index in [2.05, 4.69) is 42.2 Å². The van der Waals surface area contributed by atoms with E-state index in [1.165, 1.54) is 4.90 Å². The number of aliphatic imine (C=N–C) groups is 1. The number of carboxylic acid groups (broad SMARTS) is 1. The van der Waals surface area contributed by atoms with Crippen LogP contribution >= 0.6 is 0 Å². The summed E-state index contributed by atoms with van der Waals surface area (Å²) in [7, 11) is 0. The van der Waals surface area contributed by atoms with Crippen molar-refractivity contribution in [1.82, 2.24) is 42.1 Å². The predicted octanol–water partition coefficient (Wildman–Crippen LogP) is -5.14. The van der Waals surface area contributed by atoms with E-state index >= 15 is 0 Å². The Balaban J connectivity index is 3.24. The van der Waals surface area contributed by atoms with Crippen LogP contribution in [0.5, 0.6) is 0 Å². The van der Waals surface area contributed by atoms with Crippen LogP contribution in [0.2, 0.25) is 0 Å². The number of aliphatic carboxylic acids is 1. The number of hydrogen-bond acceptors (Lipinski definition) is 14. The molecule has 18 N–H and O–H groups in total. The largest absolute Gasteiger partial charge is 0.480 e. The first kappa shape index (κ1) is 59.9. The van der Waals surface area contributed by atoms with Crippen molar-refractivity contribution >= 4 is 65.1 Å². The van der Waals surface area contributed by atoms with E-state index in [9.17, 15) is 63.3 Å². The highest BCUT2D eigenvalue weighted by atomic mass is 16.4. The molecule has 1 aliphatic rings. The Labute approximate surface area is 396 Å². The first-order valence-electron chi connectivity index (χ1n) is 22.9. The third kappa shape index (κ3) is 20.4. The van der Waals surface area contributed by atoms with Crippen LogP contribution in [-0.2, 0) is 47.9 Å². The first-order chi connectivity index (χ1) is 31.9. The number of primary amides is 1. The van der Waals surface area contributed by atoms with E-state index in [1.54, 1.807) is 27.7 Å². The van der Waals surface area contributed by atoms with Crippen molar-refractivity contribution in [1.29, 1.82) is 0 Å². The number of carbonyl (C=O) groups excluding carboxylic acids is 9. The van der Waals surface area contributed by atoms with Crippen LogP contribution in [0.4, 0.5) is 0 Å². The molecule has 0 unspecified atom stereocenters. The van der Waals surface area contributed by atoms with Crippen molar-refractivity contribution in [3.05, 3.63) is 0 Å². The highest BCUT2D eigenvalue weighted by Gasteiger charge is 2.40. The minimum atomic E-state index is -1.77. The summed E-state index contributed by atoms with van der Waals surface area (Å²) in [5.74, 6) is -10.2. The first-order valence-corrected chi connectivity index (χ1v) is 22.9. The number of likely N-dealkylation sites (tertiary alicyclic amines) is 1.